The average molecular weight is 216 g/mol. The van der Waals surface area contributed by atoms with E-state index in [0.717, 1.165) is 0 Å². The summed E-state index contributed by atoms with van der Waals surface area (Å²) in [5.74, 6) is 0. The van der Waals surface area contributed by atoms with Crippen molar-refractivity contribution in [3.63, 3.8) is 0 Å². The number of alkyl halides is 3. The predicted molar refractivity (Wildman–Crippen MR) is 49.1 cm³/mol. The molecule has 0 aliphatic heterocycles. The van der Waals surface area contributed by atoms with Crippen LogP contribution < -0.4 is 5.73 Å². The van der Waals surface area contributed by atoms with Crippen molar-refractivity contribution >= 4 is 0 Å². The van der Waals surface area contributed by atoms with Crippen LogP contribution in [0.2, 0.25) is 0 Å². The molecule has 0 amide bonds. The van der Waals surface area contributed by atoms with E-state index in [9.17, 15) is 13.2 Å². The molecular formula is C10H11F3N2. The fourth-order valence-corrected chi connectivity index (χ4v) is 1.69. The minimum Gasteiger partial charge on any atom is -0.325 e. The lowest BCUT2D eigenvalue weighted by atomic mass is 9.97. The Hall–Kier alpha value is -1.10. The van der Waals surface area contributed by atoms with Crippen LogP contribution in [0.3, 0.4) is 0 Å². The molecule has 0 saturated heterocycles. The quantitative estimate of drug-likeness (QED) is 0.822. The maximum absolute atomic E-state index is 12.7. The van der Waals surface area contributed by atoms with Crippen molar-refractivity contribution in [3.8, 4) is 0 Å². The molecule has 5 heteroatoms. The molecule has 1 aromatic heterocycles. The summed E-state index contributed by atoms with van der Waals surface area (Å²) in [6.45, 7) is 0.249. The van der Waals surface area contributed by atoms with Crippen LogP contribution in [-0.2, 0) is 12.0 Å². The Morgan fingerprint density at radius 3 is 2.33 bits per heavy atom. The molecule has 1 aliphatic rings. The number of pyridine rings is 1. The number of hydrogen-bond acceptors (Lipinski definition) is 2. The second kappa shape index (κ2) is 3.20. The van der Waals surface area contributed by atoms with Gasteiger partial charge in [0, 0.05) is 12.7 Å². The highest BCUT2D eigenvalue weighted by molar-refractivity contribution is 5.32. The van der Waals surface area contributed by atoms with Gasteiger partial charge in [0.2, 0.25) is 0 Å². The van der Waals surface area contributed by atoms with Crippen LogP contribution in [0.15, 0.2) is 18.3 Å². The van der Waals surface area contributed by atoms with Gasteiger partial charge in [0.15, 0.2) is 0 Å². The predicted octanol–water partition coefficient (Wildman–Crippen LogP) is 2.13. The SMILES string of the molecule is NCc1ccc(C2(C(F)(F)F)CC2)cn1. The van der Waals surface area contributed by atoms with Gasteiger partial charge in [0.1, 0.15) is 0 Å². The standard InChI is InChI=1S/C10H11F3N2/c11-10(12,13)9(3-4-9)7-1-2-8(5-14)15-6-7/h1-2,6H,3-5,14H2. The van der Waals surface area contributed by atoms with Crippen molar-refractivity contribution in [1.29, 1.82) is 0 Å². The molecule has 0 atom stereocenters. The summed E-state index contributed by atoms with van der Waals surface area (Å²) in [7, 11) is 0. The number of nitrogens with zero attached hydrogens (tertiary/aromatic N) is 1. The molecule has 82 valence electrons. The fourth-order valence-electron chi connectivity index (χ4n) is 1.69. The van der Waals surface area contributed by atoms with Gasteiger partial charge in [0.25, 0.3) is 0 Å². The van der Waals surface area contributed by atoms with E-state index in [1.807, 2.05) is 0 Å². The van der Waals surface area contributed by atoms with E-state index in [1.54, 1.807) is 6.07 Å². The van der Waals surface area contributed by atoms with Gasteiger partial charge in [-0.05, 0) is 24.5 Å². The van der Waals surface area contributed by atoms with Crippen LogP contribution in [0, 0.1) is 0 Å². The highest BCUT2D eigenvalue weighted by Crippen LogP contribution is 2.58. The molecule has 1 aliphatic carbocycles. The van der Waals surface area contributed by atoms with Crippen molar-refractivity contribution in [2.45, 2.75) is 31.0 Å². The lowest BCUT2D eigenvalue weighted by Gasteiger charge is -2.19. The molecule has 0 spiro atoms. The number of hydrogen-bond donors (Lipinski definition) is 1. The summed E-state index contributed by atoms with van der Waals surface area (Å²) in [5.41, 5.74) is 4.56. The van der Waals surface area contributed by atoms with Gasteiger partial charge in [-0.3, -0.25) is 4.98 Å². The van der Waals surface area contributed by atoms with Crippen LogP contribution in [-0.4, -0.2) is 11.2 Å². The third-order valence-electron chi connectivity index (χ3n) is 2.88. The molecule has 1 fully saturated rings. The van der Waals surface area contributed by atoms with E-state index in [-0.39, 0.29) is 24.9 Å². The Bertz CT molecular complexity index is 352. The summed E-state index contributed by atoms with van der Waals surface area (Å²) < 4.78 is 38.1. The molecule has 2 nitrogen and oxygen atoms in total. The van der Waals surface area contributed by atoms with Crippen LogP contribution >= 0.6 is 0 Å². The highest BCUT2D eigenvalue weighted by Gasteiger charge is 2.64. The maximum atomic E-state index is 12.7. The van der Waals surface area contributed by atoms with E-state index in [4.69, 9.17) is 5.73 Å². The second-order valence-corrected chi connectivity index (χ2v) is 3.82. The second-order valence-electron chi connectivity index (χ2n) is 3.82. The fraction of sp³-hybridized carbons (Fsp3) is 0.500. The lowest BCUT2D eigenvalue weighted by molar-refractivity contribution is -0.160. The molecule has 0 unspecified atom stereocenters. The molecule has 0 bridgehead atoms. The van der Waals surface area contributed by atoms with E-state index >= 15 is 0 Å². The van der Waals surface area contributed by atoms with E-state index in [0.29, 0.717) is 5.69 Å². The first kappa shape index (κ1) is 10.4. The van der Waals surface area contributed by atoms with Crippen LogP contribution in [0.4, 0.5) is 13.2 Å². The van der Waals surface area contributed by atoms with Crippen molar-refractivity contribution in [2.75, 3.05) is 0 Å². The first-order valence-corrected chi connectivity index (χ1v) is 4.72. The van der Waals surface area contributed by atoms with Gasteiger partial charge in [-0.15, -0.1) is 0 Å². The molecule has 15 heavy (non-hydrogen) atoms. The maximum Gasteiger partial charge on any atom is 0.398 e. The molecular weight excluding hydrogens is 205 g/mol. The Morgan fingerprint density at radius 2 is 2.00 bits per heavy atom. The minimum atomic E-state index is -4.17. The van der Waals surface area contributed by atoms with Crippen LogP contribution in [0.25, 0.3) is 0 Å². The zero-order valence-corrected chi connectivity index (χ0v) is 8.01. The number of nitrogens with two attached hydrogens (primary N) is 1. The lowest BCUT2D eigenvalue weighted by Crippen LogP contribution is -2.28. The number of rotatable bonds is 2. The molecule has 1 saturated carbocycles. The Kier molecular flexibility index (Phi) is 2.22. The zero-order valence-electron chi connectivity index (χ0n) is 8.01. The van der Waals surface area contributed by atoms with Crippen molar-refractivity contribution in [1.82, 2.24) is 4.98 Å². The Balaban J connectivity index is 2.30. The average Bonchev–Trinajstić information content (AvgIpc) is 2.98. The van der Waals surface area contributed by atoms with Gasteiger partial charge >= 0.3 is 6.18 Å². The van der Waals surface area contributed by atoms with Crippen molar-refractivity contribution in [2.24, 2.45) is 5.73 Å². The summed E-state index contributed by atoms with van der Waals surface area (Å²) in [4.78, 5) is 3.89. The van der Waals surface area contributed by atoms with Gasteiger partial charge in [0.05, 0.1) is 11.1 Å². The highest BCUT2D eigenvalue weighted by atomic mass is 19.4. The summed E-state index contributed by atoms with van der Waals surface area (Å²) in [6.07, 6.45) is -2.54. The van der Waals surface area contributed by atoms with Gasteiger partial charge in [-0.25, -0.2) is 0 Å². The normalized spacial score (nSPS) is 18.9. The van der Waals surface area contributed by atoms with Crippen molar-refractivity contribution < 1.29 is 13.2 Å². The first-order chi connectivity index (χ1) is 6.99. The Labute approximate surface area is 85.3 Å². The third-order valence-corrected chi connectivity index (χ3v) is 2.88. The van der Waals surface area contributed by atoms with Gasteiger partial charge in [-0.2, -0.15) is 13.2 Å². The van der Waals surface area contributed by atoms with Crippen LogP contribution in [0.5, 0.6) is 0 Å². The molecule has 0 aromatic carbocycles. The third kappa shape index (κ3) is 1.61. The zero-order chi connectivity index (χ0) is 11.1. The minimum absolute atomic E-state index is 0.167. The smallest absolute Gasteiger partial charge is 0.325 e. The van der Waals surface area contributed by atoms with Gasteiger partial charge in [-0.1, -0.05) is 6.07 Å². The molecule has 1 heterocycles. The van der Waals surface area contributed by atoms with E-state index in [1.165, 1.54) is 12.3 Å². The molecule has 1 aromatic rings. The molecule has 0 radical (unpaired) electrons. The van der Waals surface area contributed by atoms with E-state index < -0.39 is 11.6 Å². The van der Waals surface area contributed by atoms with Crippen LogP contribution in [0.1, 0.15) is 24.1 Å². The van der Waals surface area contributed by atoms with Crippen molar-refractivity contribution in [3.05, 3.63) is 29.6 Å². The van der Waals surface area contributed by atoms with Gasteiger partial charge < -0.3 is 5.73 Å². The molecule has 2 rings (SSSR count). The number of halogens is 3. The summed E-state index contributed by atoms with van der Waals surface area (Å²) >= 11 is 0. The summed E-state index contributed by atoms with van der Waals surface area (Å²) in [5, 5.41) is 0. The number of aromatic nitrogens is 1. The first-order valence-electron chi connectivity index (χ1n) is 4.72. The molecule has 2 N–H and O–H groups in total. The monoisotopic (exact) mass is 216 g/mol. The topological polar surface area (TPSA) is 38.9 Å². The van der Waals surface area contributed by atoms with E-state index in [2.05, 4.69) is 4.98 Å². The Morgan fingerprint density at radius 1 is 1.33 bits per heavy atom. The largest absolute Gasteiger partial charge is 0.398 e. The summed E-state index contributed by atoms with van der Waals surface area (Å²) in [6, 6.07) is 3.04.